The van der Waals surface area contributed by atoms with Gasteiger partial charge in [0.1, 0.15) is 23.1 Å². The van der Waals surface area contributed by atoms with Crippen molar-refractivity contribution in [3.8, 4) is 11.5 Å². The predicted octanol–water partition coefficient (Wildman–Crippen LogP) is 4.61. The number of Topliss-reactive ketones (excluding diaryl/α,β-unsaturated/α-hetero) is 1. The Kier molecular flexibility index (Phi) is 3.81. The van der Waals surface area contributed by atoms with E-state index in [1.807, 2.05) is 0 Å². The molecule has 2 nitrogen and oxygen atoms in total. The maximum atomic E-state index is 13.1. The summed E-state index contributed by atoms with van der Waals surface area (Å²) in [5.74, 6) is -1.02. The number of carbonyl (C=O) groups excluding carboxylic acids is 1. The minimum atomic E-state index is -0.539. The molecular weight excluding hydrogens is 274 g/mol. The van der Waals surface area contributed by atoms with E-state index in [4.69, 9.17) is 16.3 Å². The summed E-state index contributed by atoms with van der Waals surface area (Å²) in [7, 11) is 0. The van der Waals surface area contributed by atoms with Gasteiger partial charge in [0.2, 0.25) is 0 Å². The number of benzene rings is 2. The Morgan fingerprint density at radius 1 is 1.05 bits per heavy atom. The largest absolute Gasteiger partial charge is 0.455 e. The number of halogens is 3. The summed E-state index contributed by atoms with van der Waals surface area (Å²) in [4.78, 5) is 11.4. The highest BCUT2D eigenvalue weighted by atomic mass is 35.5. The first kappa shape index (κ1) is 13.5. The van der Waals surface area contributed by atoms with Crippen molar-refractivity contribution in [2.45, 2.75) is 6.92 Å². The van der Waals surface area contributed by atoms with Gasteiger partial charge in [0.05, 0.1) is 10.6 Å². The van der Waals surface area contributed by atoms with Crippen LogP contribution in [-0.2, 0) is 0 Å². The van der Waals surface area contributed by atoms with Crippen LogP contribution in [0, 0.1) is 11.6 Å². The van der Waals surface area contributed by atoms with Gasteiger partial charge >= 0.3 is 0 Å². The van der Waals surface area contributed by atoms with Crippen molar-refractivity contribution in [2.75, 3.05) is 0 Å². The van der Waals surface area contributed by atoms with Crippen LogP contribution in [0.5, 0.6) is 11.5 Å². The molecule has 0 atom stereocenters. The third-order valence-corrected chi connectivity index (χ3v) is 2.73. The molecule has 0 N–H and O–H groups in total. The topological polar surface area (TPSA) is 26.3 Å². The van der Waals surface area contributed by atoms with Crippen molar-refractivity contribution in [3.05, 3.63) is 58.6 Å². The molecule has 0 unspecified atom stereocenters. The molecule has 0 heterocycles. The number of hydrogen-bond acceptors (Lipinski definition) is 2. The van der Waals surface area contributed by atoms with Crippen molar-refractivity contribution in [2.24, 2.45) is 0 Å². The third kappa shape index (κ3) is 3.09. The summed E-state index contributed by atoms with van der Waals surface area (Å²) in [6, 6.07) is 7.18. The summed E-state index contributed by atoms with van der Waals surface area (Å²) in [6.07, 6.45) is 0. The summed E-state index contributed by atoms with van der Waals surface area (Å²) in [6.45, 7) is 1.30. The van der Waals surface area contributed by atoms with Crippen LogP contribution in [0.2, 0.25) is 5.02 Å². The summed E-state index contributed by atoms with van der Waals surface area (Å²) >= 11 is 5.82. The first-order valence-corrected chi connectivity index (χ1v) is 5.78. The standard InChI is InChI=1S/C14H9ClF2O2/c1-8(18)11-6-9(16)2-4-13(11)19-14-5-3-10(17)7-12(14)15/h2-7H,1H3. The lowest BCUT2D eigenvalue weighted by atomic mass is 10.1. The molecule has 0 amide bonds. The van der Waals surface area contributed by atoms with Crippen LogP contribution in [0.3, 0.4) is 0 Å². The molecule has 0 aliphatic rings. The molecule has 19 heavy (non-hydrogen) atoms. The Labute approximate surface area is 113 Å². The Morgan fingerprint density at radius 3 is 2.21 bits per heavy atom. The molecule has 0 aromatic heterocycles. The Hall–Kier alpha value is -1.94. The first-order valence-electron chi connectivity index (χ1n) is 5.41. The third-order valence-electron chi connectivity index (χ3n) is 2.43. The molecule has 2 aromatic carbocycles. The van der Waals surface area contributed by atoms with Gasteiger partial charge in [-0.25, -0.2) is 8.78 Å². The van der Waals surface area contributed by atoms with E-state index in [1.165, 1.54) is 31.2 Å². The van der Waals surface area contributed by atoms with Crippen LogP contribution in [0.15, 0.2) is 36.4 Å². The van der Waals surface area contributed by atoms with E-state index in [2.05, 4.69) is 0 Å². The fraction of sp³-hybridized carbons (Fsp3) is 0.0714. The lowest BCUT2D eigenvalue weighted by Gasteiger charge is -2.10. The summed E-state index contributed by atoms with van der Waals surface area (Å²) in [5, 5.41) is 0.0684. The number of carbonyl (C=O) groups is 1. The van der Waals surface area contributed by atoms with Gasteiger partial charge in [-0.15, -0.1) is 0 Å². The zero-order valence-corrected chi connectivity index (χ0v) is 10.7. The van der Waals surface area contributed by atoms with E-state index in [-0.39, 0.29) is 27.9 Å². The molecule has 2 rings (SSSR count). The second kappa shape index (κ2) is 5.36. The Bertz CT molecular complexity index is 641. The highest BCUT2D eigenvalue weighted by Gasteiger charge is 2.12. The van der Waals surface area contributed by atoms with Gasteiger partial charge in [0, 0.05) is 0 Å². The molecule has 5 heteroatoms. The summed E-state index contributed by atoms with van der Waals surface area (Å²) < 4.78 is 31.4. The van der Waals surface area contributed by atoms with Gasteiger partial charge in [0.25, 0.3) is 0 Å². The van der Waals surface area contributed by atoms with Crippen molar-refractivity contribution in [3.63, 3.8) is 0 Å². The number of ketones is 1. The molecule has 0 saturated carbocycles. The highest BCUT2D eigenvalue weighted by Crippen LogP contribution is 2.32. The van der Waals surface area contributed by atoms with E-state index < -0.39 is 11.6 Å². The first-order chi connectivity index (χ1) is 8.97. The molecule has 0 saturated heterocycles. The van der Waals surface area contributed by atoms with Crippen molar-refractivity contribution >= 4 is 17.4 Å². The zero-order valence-electron chi connectivity index (χ0n) is 9.91. The summed E-state index contributed by atoms with van der Waals surface area (Å²) in [5.41, 5.74) is 0.0976. The molecule has 0 aliphatic carbocycles. The second-order valence-electron chi connectivity index (χ2n) is 3.87. The highest BCUT2D eigenvalue weighted by molar-refractivity contribution is 6.32. The maximum absolute atomic E-state index is 13.1. The average Bonchev–Trinajstić information content (AvgIpc) is 2.34. The van der Waals surface area contributed by atoms with Gasteiger partial charge in [-0.2, -0.15) is 0 Å². The van der Waals surface area contributed by atoms with E-state index in [0.29, 0.717) is 0 Å². The van der Waals surface area contributed by atoms with Gasteiger partial charge in [-0.3, -0.25) is 4.79 Å². The Morgan fingerprint density at radius 2 is 1.63 bits per heavy atom. The number of rotatable bonds is 3. The van der Waals surface area contributed by atoms with Crippen molar-refractivity contribution in [1.29, 1.82) is 0 Å². The number of ether oxygens (including phenoxy) is 1. The minimum Gasteiger partial charge on any atom is -0.455 e. The molecule has 2 aromatic rings. The molecule has 0 fully saturated rings. The lowest BCUT2D eigenvalue weighted by Crippen LogP contribution is -1.98. The molecule has 0 radical (unpaired) electrons. The maximum Gasteiger partial charge on any atom is 0.163 e. The van der Waals surface area contributed by atoms with Gasteiger partial charge in [-0.05, 0) is 43.3 Å². The lowest BCUT2D eigenvalue weighted by molar-refractivity contribution is 0.101. The van der Waals surface area contributed by atoms with Crippen LogP contribution in [0.4, 0.5) is 8.78 Å². The fourth-order valence-electron chi connectivity index (χ4n) is 1.54. The van der Waals surface area contributed by atoms with Crippen molar-refractivity contribution < 1.29 is 18.3 Å². The van der Waals surface area contributed by atoms with Crippen molar-refractivity contribution in [1.82, 2.24) is 0 Å². The minimum absolute atomic E-state index is 0.0684. The van der Waals surface area contributed by atoms with Crippen LogP contribution in [0.1, 0.15) is 17.3 Å². The number of hydrogen-bond donors (Lipinski definition) is 0. The van der Waals surface area contributed by atoms with E-state index in [0.717, 1.165) is 12.1 Å². The molecule has 0 spiro atoms. The molecule has 0 bridgehead atoms. The Balaban J connectivity index is 2.40. The van der Waals surface area contributed by atoms with Gasteiger partial charge in [-0.1, -0.05) is 11.6 Å². The second-order valence-corrected chi connectivity index (χ2v) is 4.28. The SMILES string of the molecule is CC(=O)c1cc(F)ccc1Oc1ccc(F)cc1Cl. The van der Waals surface area contributed by atoms with E-state index >= 15 is 0 Å². The van der Waals surface area contributed by atoms with Gasteiger partial charge in [0.15, 0.2) is 5.78 Å². The zero-order chi connectivity index (χ0) is 14.0. The van der Waals surface area contributed by atoms with Crippen LogP contribution in [0.25, 0.3) is 0 Å². The van der Waals surface area contributed by atoms with E-state index in [1.54, 1.807) is 0 Å². The molecule has 98 valence electrons. The van der Waals surface area contributed by atoms with E-state index in [9.17, 15) is 13.6 Å². The monoisotopic (exact) mass is 282 g/mol. The predicted molar refractivity (Wildman–Crippen MR) is 67.9 cm³/mol. The fourth-order valence-corrected chi connectivity index (χ4v) is 1.75. The van der Waals surface area contributed by atoms with Gasteiger partial charge < -0.3 is 4.74 Å². The normalized spacial score (nSPS) is 10.3. The van der Waals surface area contributed by atoms with Crippen LogP contribution < -0.4 is 4.74 Å². The average molecular weight is 283 g/mol. The molecular formula is C14H9ClF2O2. The molecule has 0 aliphatic heterocycles. The quantitative estimate of drug-likeness (QED) is 0.768. The van der Waals surface area contributed by atoms with Crippen LogP contribution in [-0.4, -0.2) is 5.78 Å². The van der Waals surface area contributed by atoms with Crippen LogP contribution >= 0.6 is 11.6 Å². The smallest absolute Gasteiger partial charge is 0.163 e.